The number of nitrogens with zero attached hydrogens (tertiary/aromatic N) is 1. The first-order chi connectivity index (χ1) is 10.3. The highest BCUT2D eigenvalue weighted by molar-refractivity contribution is 7.17. The molecule has 2 aromatic rings. The van der Waals surface area contributed by atoms with E-state index in [4.69, 9.17) is 5.73 Å². The predicted molar refractivity (Wildman–Crippen MR) is 96.8 cm³/mol. The lowest BCUT2D eigenvalue weighted by Crippen LogP contribution is -2.39. The van der Waals surface area contributed by atoms with Crippen molar-refractivity contribution in [2.24, 2.45) is 11.1 Å². The van der Waals surface area contributed by atoms with E-state index in [2.05, 4.69) is 0 Å². The summed E-state index contributed by atoms with van der Waals surface area (Å²) in [7, 11) is 1.79. The van der Waals surface area contributed by atoms with E-state index in [1.54, 1.807) is 24.1 Å². The van der Waals surface area contributed by atoms with E-state index >= 15 is 0 Å². The lowest BCUT2D eigenvalue weighted by molar-refractivity contribution is 0.0745. The summed E-state index contributed by atoms with van der Waals surface area (Å²) in [5.41, 5.74) is 6.52. The molecule has 0 unspecified atom stereocenters. The lowest BCUT2D eigenvalue weighted by Gasteiger charge is -2.28. The summed E-state index contributed by atoms with van der Waals surface area (Å²) in [5, 5.41) is 0. The average molecular weight is 357 g/mol. The molecule has 2 N–H and O–H groups in total. The van der Waals surface area contributed by atoms with Gasteiger partial charge in [-0.3, -0.25) is 4.79 Å². The van der Waals surface area contributed by atoms with Crippen molar-refractivity contribution in [3.8, 4) is 10.4 Å². The van der Waals surface area contributed by atoms with Crippen LogP contribution in [0.4, 0.5) is 4.39 Å². The number of carbonyl (C=O) groups is 1. The Bertz CT molecular complexity index is 655. The van der Waals surface area contributed by atoms with Crippen molar-refractivity contribution in [1.82, 2.24) is 4.90 Å². The maximum absolute atomic E-state index is 13.0. The molecule has 1 aromatic heterocycles. The summed E-state index contributed by atoms with van der Waals surface area (Å²) >= 11 is 1.42. The first-order valence-electron chi connectivity index (χ1n) is 7.14. The molecule has 1 heterocycles. The minimum atomic E-state index is -0.264. The van der Waals surface area contributed by atoms with Crippen LogP contribution in [0.5, 0.6) is 0 Å². The van der Waals surface area contributed by atoms with E-state index < -0.39 is 0 Å². The smallest absolute Gasteiger partial charge is 0.263 e. The Morgan fingerprint density at radius 1 is 1.22 bits per heavy atom. The van der Waals surface area contributed by atoms with Crippen molar-refractivity contribution in [3.05, 3.63) is 47.1 Å². The van der Waals surface area contributed by atoms with E-state index in [0.717, 1.165) is 10.4 Å². The molecule has 2 rings (SSSR count). The van der Waals surface area contributed by atoms with Crippen molar-refractivity contribution in [2.75, 3.05) is 20.1 Å². The van der Waals surface area contributed by atoms with Gasteiger partial charge in [-0.2, -0.15) is 0 Å². The van der Waals surface area contributed by atoms with Gasteiger partial charge >= 0.3 is 0 Å². The number of hydrogen-bond donors (Lipinski definition) is 1. The molecule has 6 heteroatoms. The van der Waals surface area contributed by atoms with Crippen LogP contribution in [0.2, 0.25) is 0 Å². The van der Waals surface area contributed by atoms with Gasteiger partial charge in [0, 0.05) is 18.5 Å². The Labute approximate surface area is 146 Å². The molecule has 0 radical (unpaired) electrons. The fourth-order valence-electron chi connectivity index (χ4n) is 2.19. The second-order valence-electron chi connectivity index (χ2n) is 6.20. The van der Waals surface area contributed by atoms with Gasteiger partial charge in [-0.1, -0.05) is 26.0 Å². The summed E-state index contributed by atoms with van der Waals surface area (Å²) in [6.07, 6.45) is 0. The van der Waals surface area contributed by atoms with Crippen LogP contribution >= 0.6 is 23.7 Å². The zero-order valence-corrected chi connectivity index (χ0v) is 15.1. The number of nitrogens with two attached hydrogens (primary N) is 1. The Balaban J connectivity index is 0.00000264. The Morgan fingerprint density at radius 2 is 1.83 bits per heavy atom. The standard InChI is InChI=1S/C17H21FN2OS.ClH/c1-17(2,10-19)11-20(3)16(21)15-9-8-14(22-15)12-4-6-13(18)7-5-12;/h4-9H,10-11,19H2,1-3H3;1H. The molecule has 1 aromatic carbocycles. The van der Waals surface area contributed by atoms with Crippen LogP contribution in [0.1, 0.15) is 23.5 Å². The van der Waals surface area contributed by atoms with Gasteiger partial charge in [-0.05, 0) is 41.8 Å². The molecule has 0 aliphatic rings. The Kier molecular flexibility index (Phi) is 6.74. The zero-order chi connectivity index (χ0) is 16.3. The van der Waals surface area contributed by atoms with Crippen LogP contribution in [0, 0.1) is 11.2 Å². The lowest BCUT2D eigenvalue weighted by atomic mass is 9.93. The third-order valence-electron chi connectivity index (χ3n) is 3.51. The number of hydrogen-bond acceptors (Lipinski definition) is 3. The third kappa shape index (κ3) is 5.03. The molecule has 0 aliphatic heterocycles. The molecule has 0 saturated carbocycles. The van der Waals surface area contributed by atoms with E-state index in [9.17, 15) is 9.18 Å². The third-order valence-corrected chi connectivity index (χ3v) is 4.63. The molecule has 126 valence electrons. The molecule has 0 fully saturated rings. The molecule has 0 aliphatic carbocycles. The largest absolute Gasteiger partial charge is 0.340 e. The minimum Gasteiger partial charge on any atom is -0.340 e. The second-order valence-corrected chi connectivity index (χ2v) is 7.28. The van der Waals surface area contributed by atoms with Crippen LogP contribution in [-0.4, -0.2) is 30.9 Å². The van der Waals surface area contributed by atoms with Gasteiger partial charge < -0.3 is 10.6 Å². The summed E-state index contributed by atoms with van der Waals surface area (Å²) in [4.78, 5) is 15.8. The maximum Gasteiger partial charge on any atom is 0.263 e. The zero-order valence-electron chi connectivity index (χ0n) is 13.5. The maximum atomic E-state index is 13.0. The van der Waals surface area contributed by atoms with Crippen molar-refractivity contribution < 1.29 is 9.18 Å². The molecule has 1 amide bonds. The van der Waals surface area contributed by atoms with Gasteiger partial charge in [0.25, 0.3) is 5.91 Å². The normalized spacial score (nSPS) is 11.0. The molecule has 23 heavy (non-hydrogen) atoms. The van der Waals surface area contributed by atoms with E-state index in [1.165, 1.54) is 23.5 Å². The van der Waals surface area contributed by atoms with E-state index in [0.29, 0.717) is 18.0 Å². The monoisotopic (exact) mass is 356 g/mol. The van der Waals surface area contributed by atoms with Crippen molar-refractivity contribution in [2.45, 2.75) is 13.8 Å². The van der Waals surface area contributed by atoms with Gasteiger partial charge in [-0.15, -0.1) is 23.7 Å². The predicted octanol–water partition coefficient (Wildman–Crippen LogP) is 4.03. The van der Waals surface area contributed by atoms with Crippen LogP contribution in [0.3, 0.4) is 0 Å². The van der Waals surface area contributed by atoms with Crippen LogP contribution in [0.15, 0.2) is 36.4 Å². The molecule has 0 saturated heterocycles. The fourth-order valence-corrected chi connectivity index (χ4v) is 3.19. The molecule has 3 nitrogen and oxygen atoms in total. The number of halogens is 2. The van der Waals surface area contributed by atoms with Gasteiger partial charge in [0.15, 0.2) is 0 Å². The number of rotatable bonds is 5. The highest BCUT2D eigenvalue weighted by Crippen LogP contribution is 2.29. The highest BCUT2D eigenvalue weighted by Gasteiger charge is 2.22. The van der Waals surface area contributed by atoms with Gasteiger partial charge in [0.05, 0.1) is 4.88 Å². The summed E-state index contributed by atoms with van der Waals surface area (Å²) < 4.78 is 13.0. The second kappa shape index (κ2) is 7.90. The average Bonchev–Trinajstić information content (AvgIpc) is 2.96. The van der Waals surface area contributed by atoms with Crippen molar-refractivity contribution >= 4 is 29.7 Å². The van der Waals surface area contributed by atoms with Gasteiger partial charge in [-0.25, -0.2) is 4.39 Å². The first kappa shape index (κ1) is 19.6. The fraction of sp³-hybridized carbons (Fsp3) is 0.353. The molecule has 0 atom stereocenters. The molecular weight excluding hydrogens is 335 g/mol. The van der Waals surface area contributed by atoms with Crippen LogP contribution in [0.25, 0.3) is 10.4 Å². The van der Waals surface area contributed by atoms with E-state index in [-0.39, 0.29) is 29.5 Å². The number of thiophene rings is 1. The number of amides is 1. The molecule has 0 bridgehead atoms. The van der Waals surface area contributed by atoms with Gasteiger partial charge in [0.2, 0.25) is 0 Å². The number of benzene rings is 1. The quantitative estimate of drug-likeness (QED) is 0.879. The van der Waals surface area contributed by atoms with Crippen molar-refractivity contribution in [3.63, 3.8) is 0 Å². The summed E-state index contributed by atoms with van der Waals surface area (Å²) in [6.45, 7) is 5.20. The van der Waals surface area contributed by atoms with Gasteiger partial charge in [0.1, 0.15) is 5.82 Å². The van der Waals surface area contributed by atoms with Crippen LogP contribution in [-0.2, 0) is 0 Å². The number of carbonyl (C=O) groups excluding carboxylic acids is 1. The van der Waals surface area contributed by atoms with Crippen molar-refractivity contribution in [1.29, 1.82) is 0 Å². The Morgan fingerprint density at radius 3 is 2.39 bits per heavy atom. The minimum absolute atomic E-state index is 0. The first-order valence-corrected chi connectivity index (χ1v) is 7.95. The molecule has 0 spiro atoms. The van der Waals surface area contributed by atoms with E-state index in [1.807, 2.05) is 26.0 Å². The Hall–Kier alpha value is -1.43. The highest BCUT2D eigenvalue weighted by atomic mass is 35.5. The molecular formula is C17H22ClFN2OS. The SMILES string of the molecule is CN(CC(C)(C)CN)C(=O)c1ccc(-c2ccc(F)cc2)s1.Cl. The topological polar surface area (TPSA) is 46.3 Å². The summed E-state index contributed by atoms with van der Waals surface area (Å²) in [5.74, 6) is -0.278. The summed E-state index contributed by atoms with van der Waals surface area (Å²) in [6, 6.07) is 10.00. The van der Waals surface area contributed by atoms with Crippen LogP contribution < -0.4 is 5.73 Å².